The third-order valence-electron chi connectivity index (χ3n) is 3.07. The zero-order chi connectivity index (χ0) is 11.4. The van der Waals surface area contributed by atoms with Gasteiger partial charge in [0.25, 0.3) is 0 Å². The molecule has 0 radical (unpaired) electrons. The van der Waals surface area contributed by atoms with Gasteiger partial charge in [-0.25, -0.2) is 0 Å². The minimum atomic E-state index is -0.491. The Morgan fingerprint density at radius 3 is 2.88 bits per heavy atom. The first kappa shape index (κ1) is 11.6. The van der Waals surface area contributed by atoms with Crippen LogP contribution in [-0.4, -0.2) is 17.3 Å². The Hall–Kier alpha value is -0.890. The third kappa shape index (κ3) is 2.82. The zero-order valence-corrected chi connectivity index (χ0v) is 10.0. The van der Waals surface area contributed by atoms with Crippen LogP contribution in [0.3, 0.4) is 0 Å². The van der Waals surface area contributed by atoms with Crippen molar-refractivity contribution in [3.8, 4) is 6.07 Å². The number of thiophene rings is 1. The van der Waals surface area contributed by atoms with Crippen molar-refractivity contribution < 1.29 is 5.11 Å². The lowest BCUT2D eigenvalue weighted by molar-refractivity contribution is 0.0475. The van der Waals surface area contributed by atoms with Gasteiger partial charge in [-0.3, -0.25) is 0 Å². The Morgan fingerprint density at radius 1 is 1.50 bits per heavy atom. The van der Waals surface area contributed by atoms with E-state index >= 15 is 0 Å². The monoisotopic (exact) mass is 236 g/mol. The predicted molar refractivity (Wildman–Crippen MR) is 64.2 cm³/mol. The topological polar surface area (TPSA) is 56.0 Å². The summed E-state index contributed by atoms with van der Waals surface area (Å²) in [6, 6.07) is 4.02. The van der Waals surface area contributed by atoms with Crippen LogP contribution in [0.25, 0.3) is 0 Å². The van der Waals surface area contributed by atoms with Crippen LogP contribution in [-0.2, 0) is 6.54 Å². The highest BCUT2D eigenvalue weighted by molar-refractivity contribution is 7.10. The molecule has 86 valence electrons. The molecule has 0 bridgehead atoms. The van der Waals surface area contributed by atoms with Crippen molar-refractivity contribution in [2.45, 2.75) is 37.8 Å². The molecule has 2 rings (SSSR count). The fraction of sp³-hybridized carbons (Fsp3) is 0.583. The third-order valence-corrected chi connectivity index (χ3v) is 4.01. The van der Waals surface area contributed by atoms with Gasteiger partial charge >= 0.3 is 0 Å². The minimum absolute atomic E-state index is 0.491. The summed E-state index contributed by atoms with van der Waals surface area (Å²) in [5, 5.41) is 23.9. The van der Waals surface area contributed by atoms with Crippen molar-refractivity contribution in [2.75, 3.05) is 6.54 Å². The summed E-state index contributed by atoms with van der Waals surface area (Å²) in [7, 11) is 0. The van der Waals surface area contributed by atoms with E-state index in [1.807, 2.05) is 11.4 Å². The van der Waals surface area contributed by atoms with Crippen LogP contribution >= 0.6 is 11.3 Å². The van der Waals surface area contributed by atoms with Crippen molar-refractivity contribution in [1.82, 2.24) is 5.32 Å². The zero-order valence-electron chi connectivity index (χ0n) is 9.20. The second-order valence-corrected chi connectivity index (χ2v) is 5.44. The number of hydrogen-bond acceptors (Lipinski definition) is 4. The van der Waals surface area contributed by atoms with E-state index < -0.39 is 5.60 Å². The Labute approximate surface area is 99.7 Å². The van der Waals surface area contributed by atoms with Gasteiger partial charge in [-0.2, -0.15) is 5.26 Å². The molecule has 0 saturated heterocycles. The summed E-state index contributed by atoms with van der Waals surface area (Å²) in [4.78, 5) is 1.15. The molecule has 1 saturated carbocycles. The minimum Gasteiger partial charge on any atom is -0.389 e. The molecule has 0 aromatic carbocycles. The molecule has 3 nitrogen and oxygen atoms in total. The maximum atomic E-state index is 10.1. The van der Waals surface area contributed by atoms with Gasteiger partial charge < -0.3 is 10.4 Å². The van der Waals surface area contributed by atoms with Gasteiger partial charge in [-0.05, 0) is 18.9 Å². The highest BCUT2D eigenvalue weighted by Gasteiger charge is 2.30. The number of hydrogen-bond donors (Lipinski definition) is 2. The van der Waals surface area contributed by atoms with Gasteiger partial charge in [0.05, 0.1) is 11.2 Å². The molecule has 16 heavy (non-hydrogen) atoms. The molecule has 4 heteroatoms. The molecule has 0 amide bonds. The van der Waals surface area contributed by atoms with Crippen LogP contribution < -0.4 is 5.32 Å². The van der Waals surface area contributed by atoms with E-state index in [0.29, 0.717) is 6.54 Å². The number of aliphatic hydroxyl groups is 1. The molecule has 0 atom stereocenters. The van der Waals surface area contributed by atoms with Crippen molar-refractivity contribution >= 4 is 11.3 Å². The Bertz CT molecular complexity index is 388. The number of nitrogens with one attached hydrogen (secondary N) is 1. The second kappa shape index (κ2) is 4.96. The first-order valence-electron chi connectivity index (χ1n) is 5.62. The lowest BCUT2D eigenvalue weighted by atomic mass is 10.0. The normalized spacial score (nSPS) is 18.5. The van der Waals surface area contributed by atoms with Gasteiger partial charge in [-0.1, -0.05) is 12.8 Å². The summed E-state index contributed by atoms with van der Waals surface area (Å²) in [5.41, 5.74) is 0.233. The summed E-state index contributed by atoms with van der Waals surface area (Å²) in [6.07, 6.45) is 4.09. The van der Waals surface area contributed by atoms with Crippen LogP contribution in [0.15, 0.2) is 11.4 Å². The summed E-state index contributed by atoms with van der Waals surface area (Å²) in [6.45, 7) is 1.40. The molecule has 0 unspecified atom stereocenters. The average molecular weight is 236 g/mol. The molecule has 0 spiro atoms. The van der Waals surface area contributed by atoms with Crippen LogP contribution in [0.1, 0.15) is 36.1 Å². The van der Waals surface area contributed by atoms with Crippen LogP contribution in [0.4, 0.5) is 0 Å². The fourth-order valence-electron chi connectivity index (χ4n) is 2.16. The first-order chi connectivity index (χ1) is 7.72. The van der Waals surface area contributed by atoms with Crippen molar-refractivity contribution in [2.24, 2.45) is 0 Å². The highest BCUT2D eigenvalue weighted by Crippen LogP contribution is 2.28. The summed E-state index contributed by atoms with van der Waals surface area (Å²) < 4.78 is 0. The van der Waals surface area contributed by atoms with Crippen molar-refractivity contribution in [3.05, 3.63) is 21.9 Å². The van der Waals surface area contributed by atoms with Crippen LogP contribution in [0.2, 0.25) is 0 Å². The van der Waals surface area contributed by atoms with E-state index in [0.717, 1.165) is 42.7 Å². The largest absolute Gasteiger partial charge is 0.389 e. The number of rotatable bonds is 4. The standard InChI is InChI=1S/C12H16N2OS/c13-6-10-5-11(16-8-10)7-14-9-12(15)3-1-2-4-12/h5,8,14-15H,1-4,7,9H2. The molecular weight excluding hydrogens is 220 g/mol. The number of nitrogens with zero attached hydrogens (tertiary/aromatic N) is 1. The van der Waals surface area contributed by atoms with E-state index in [4.69, 9.17) is 5.26 Å². The van der Waals surface area contributed by atoms with E-state index in [2.05, 4.69) is 11.4 Å². The molecule has 1 aromatic heterocycles. The van der Waals surface area contributed by atoms with Gasteiger partial charge in [0, 0.05) is 23.3 Å². The van der Waals surface area contributed by atoms with Gasteiger partial charge in [0.1, 0.15) is 6.07 Å². The molecule has 1 aliphatic rings. The van der Waals surface area contributed by atoms with E-state index in [9.17, 15) is 5.11 Å². The maximum Gasteiger partial charge on any atom is 0.100 e. The molecule has 1 aromatic rings. The van der Waals surface area contributed by atoms with Gasteiger partial charge in [0.2, 0.25) is 0 Å². The SMILES string of the molecule is N#Cc1csc(CNCC2(O)CCCC2)c1. The second-order valence-electron chi connectivity index (χ2n) is 4.45. The van der Waals surface area contributed by atoms with Gasteiger partial charge in [-0.15, -0.1) is 11.3 Å². The smallest absolute Gasteiger partial charge is 0.100 e. The molecular formula is C12H16N2OS. The maximum absolute atomic E-state index is 10.1. The average Bonchev–Trinajstić information content (AvgIpc) is 2.88. The molecule has 1 fully saturated rings. The first-order valence-corrected chi connectivity index (χ1v) is 6.50. The van der Waals surface area contributed by atoms with Crippen LogP contribution in [0, 0.1) is 11.3 Å². The Morgan fingerprint density at radius 2 is 2.25 bits per heavy atom. The van der Waals surface area contributed by atoms with Crippen molar-refractivity contribution in [3.63, 3.8) is 0 Å². The molecule has 0 aliphatic heterocycles. The predicted octanol–water partition coefficient (Wildman–Crippen LogP) is 2.01. The van der Waals surface area contributed by atoms with E-state index in [1.165, 1.54) is 0 Å². The summed E-state index contributed by atoms with van der Waals surface area (Å²) in [5.74, 6) is 0. The fourth-order valence-corrected chi connectivity index (χ4v) is 2.94. The molecule has 1 aliphatic carbocycles. The summed E-state index contributed by atoms with van der Waals surface area (Å²) >= 11 is 1.59. The Balaban J connectivity index is 1.77. The molecule has 1 heterocycles. The molecule has 2 N–H and O–H groups in total. The lowest BCUT2D eigenvalue weighted by Gasteiger charge is -2.22. The van der Waals surface area contributed by atoms with Crippen molar-refractivity contribution in [1.29, 1.82) is 5.26 Å². The van der Waals surface area contributed by atoms with E-state index in [-0.39, 0.29) is 0 Å². The van der Waals surface area contributed by atoms with Gasteiger partial charge in [0.15, 0.2) is 0 Å². The lowest BCUT2D eigenvalue weighted by Crippen LogP contribution is -2.37. The highest BCUT2D eigenvalue weighted by atomic mass is 32.1. The Kier molecular flexibility index (Phi) is 3.59. The van der Waals surface area contributed by atoms with Crippen LogP contribution in [0.5, 0.6) is 0 Å². The quantitative estimate of drug-likeness (QED) is 0.841. The number of nitriles is 1. The van der Waals surface area contributed by atoms with E-state index in [1.54, 1.807) is 11.3 Å².